The fourth-order valence-corrected chi connectivity index (χ4v) is 1.80. The lowest BCUT2D eigenvalue weighted by atomic mass is 10.3. The van der Waals surface area contributed by atoms with Crippen molar-refractivity contribution in [3.63, 3.8) is 0 Å². The first kappa shape index (κ1) is 9.84. The van der Waals surface area contributed by atoms with Gasteiger partial charge in [0.15, 0.2) is 0 Å². The Labute approximate surface area is 98.5 Å². The van der Waals surface area contributed by atoms with E-state index in [1.54, 1.807) is 13.3 Å². The molecule has 4 heteroatoms. The molecular formula is C13H11N3O. The molecule has 0 saturated carbocycles. The molecule has 4 nitrogen and oxygen atoms in total. The Morgan fingerprint density at radius 3 is 2.71 bits per heavy atom. The van der Waals surface area contributed by atoms with Gasteiger partial charge in [-0.15, -0.1) is 0 Å². The third-order valence-corrected chi connectivity index (χ3v) is 2.61. The Morgan fingerprint density at radius 1 is 1.12 bits per heavy atom. The Bertz CT molecular complexity index is 647. The fourth-order valence-electron chi connectivity index (χ4n) is 1.80. The molecule has 0 saturated heterocycles. The number of aromatic nitrogens is 3. The van der Waals surface area contributed by atoms with Crippen LogP contribution in [0.25, 0.3) is 16.7 Å². The number of ether oxygens (including phenoxy) is 1. The lowest BCUT2D eigenvalue weighted by molar-refractivity contribution is 0.397. The van der Waals surface area contributed by atoms with Gasteiger partial charge in [0.05, 0.1) is 18.1 Å². The standard InChI is InChI=1S/C13H11N3O/c1-17-13-12(16-7-2-3-8-16)9-11-10(15-13)5-4-6-14-11/h2-9H,1H3. The zero-order chi connectivity index (χ0) is 11.7. The molecule has 0 aliphatic carbocycles. The molecule has 0 aromatic carbocycles. The van der Waals surface area contributed by atoms with Crippen LogP contribution in [0.5, 0.6) is 5.88 Å². The van der Waals surface area contributed by atoms with E-state index in [2.05, 4.69) is 9.97 Å². The maximum absolute atomic E-state index is 5.32. The van der Waals surface area contributed by atoms with E-state index < -0.39 is 0 Å². The Balaban J connectivity index is 2.29. The van der Waals surface area contributed by atoms with Gasteiger partial charge in [-0.2, -0.15) is 0 Å². The van der Waals surface area contributed by atoms with E-state index in [1.807, 2.05) is 47.3 Å². The van der Waals surface area contributed by atoms with Crippen molar-refractivity contribution in [2.75, 3.05) is 7.11 Å². The Kier molecular flexibility index (Phi) is 2.26. The van der Waals surface area contributed by atoms with Crippen LogP contribution in [0.3, 0.4) is 0 Å². The predicted octanol–water partition coefficient (Wildman–Crippen LogP) is 2.43. The second-order valence-electron chi connectivity index (χ2n) is 3.65. The van der Waals surface area contributed by atoms with E-state index in [1.165, 1.54) is 0 Å². The van der Waals surface area contributed by atoms with Gasteiger partial charge in [-0.25, -0.2) is 4.98 Å². The Morgan fingerprint density at radius 2 is 1.94 bits per heavy atom. The second-order valence-corrected chi connectivity index (χ2v) is 3.65. The van der Waals surface area contributed by atoms with Crippen LogP contribution in [0.2, 0.25) is 0 Å². The lowest BCUT2D eigenvalue weighted by Gasteiger charge is -2.09. The van der Waals surface area contributed by atoms with E-state index in [9.17, 15) is 0 Å². The van der Waals surface area contributed by atoms with Crippen molar-refractivity contribution in [2.45, 2.75) is 0 Å². The maximum atomic E-state index is 5.32. The largest absolute Gasteiger partial charge is 0.479 e. The van der Waals surface area contributed by atoms with Crippen LogP contribution < -0.4 is 4.74 Å². The van der Waals surface area contributed by atoms with Crippen molar-refractivity contribution >= 4 is 11.0 Å². The number of rotatable bonds is 2. The van der Waals surface area contributed by atoms with E-state index in [-0.39, 0.29) is 0 Å². The predicted molar refractivity (Wildman–Crippen MR) is 65.4 cm³/mol. The fraction of sp³-hybridized carbons (Fsp3) is 0.0769. The zero-order valence-electron chi connectivity index (χ0n) is 9.37. The summed E-state index contributed by atoms with van der Waals surface area (Å²) in [5.74, 6) is 0.599. The summed E-state index contributed by atoms with van der Waals surface area (Å²) < 4.78 is 7.28. The van der Waals surface area contributed by atoms with Gasteiger partial charge in [-0.05, 0) is 30.3 Å². The summed E-state index contributed by atoms with van der Waals surface area (Å²) in [6.07, 6.45) is 5.67. The van der Waals surface area contributed by atoms with Gasteiger partial charge in [0.1, 0.15) is 5.69 Å². The highest BCUT2D eigenvalue weighted by molar-refractivity contribution is 5.77. The third-order valence-electron chi connectivity index (χ3n) is 2.61. The van der Waals surface area contributed by atoms with Gasteiger partial charge < -0.3 is 9.30 Å². The minimum Gasteiger partial charge on any atom is -0.479 e. The van der Waals surface area contributed by atoms with Crippen LogP contribution in [-0.4, -0.2) is 21.6 Å². The number of fused-ring (bicyclic) bond motifs is 1. The van der Waals surface area contributed by atoms with Gasteiger partial charge in [0.2, 0.25) is 5.88 Å². The topological polar surface area (TPSA) is 39.9 Å². The van der Waals surface area contributed by atoms with E-state index in [4.69, 9.17) is 4.74 Å². The van der Waals surface area contributed by atoms with Gasteiger partial charge in [-0.1, -0.05) is 0 Å². The Hall–Kier alpha value is -2.36. The molecule has 0 aliphatic rings. The van der Waals surface area contributed by atoms with Crippen molar-refractivity contribution in [3.05, 3.63) is 48.9 Å². The highest BCUT2D eigenvalue weighted by Crippen LogP contribution is 2.24. The third kappa shape index (κ3) is 1.63. The van der Waals surface area contributed by atoms with Gasteiger partial charge in [0.25, 0.3) is 0 Å². The molecule has 3 aromatic rings. The van der Waals surface area contributed by atoms with E-state index in [0.29, 0.717) is 5.88 Å². The minimum absolute atomic E-state index is 0.599. The number of hydrogen-bond donors (Lipinski definition) is 0. The minimum atomic E-state index is 0.599. The van der Waals surface area contributed by atoms with Crippen molar-refractivity contribution in [1.29, 1.82) is 0 Å². The molecule has 3 heterocycles. The molecule has 3 aromatic heterocycles. The average Bonchev–Trinajstić information content (AvgIpc) is 2.91. The molecular weight excluding hydrogens is 214 g/mol. The summed E-state index contributed by atoms with van der Waals surface area (Å²) in [5, 5.41) is 0. The maximum Gasteiger partial charge on any atom is 0.238 e. The molecule has 0 N–H and O–H groups in total. The van der Waals surface area contributed by atoms with E-state index in [0.717, 1.165) is 16.7 Å². The molecule has 0 radical (unpaired) electrons. The molecule has 17 heavy (non-hydrogen) atoms. The summed E-state index contributed by atoms with van der Waals surface area (Å²) in [7, 11) is 1.62. The first-order chi connectivity index (χ1) is 8.38. The number of hydrogen-bond acceptors (Lipinski definition) is 3. The summed E-state index contributed by atoms with van der Waals surface area (Å²) in [6.45, 7) is 0. The number of pyridine rings is 2. The number of nitrogens with zero attached hydrogens (tertiary/aromatic N) is 3. The highest BCUT2D eigenvalue weighted by Gasteiger charge is 2.08. The summed E-state index contributed by atoms with van der Waals surface area (Å²) in [4.78, 5) is 8.74. The van der Waals surface area contributed by atoms with Crippen molar-refractivity contribution in [1.82, 2.24) is 14.5 Å². The molecule has 3 rings (SSSR count). The molecule has 0 atom stereocenters. The first-order valence-corrected chi connectivity index (χ1v) is 5.31. The second kappa shape index (κ2) is 3.90. The van der Waals surface area contributed by atoms with E-state index >= 15 is 0 Å². The van der Waals surface area contributed by atoms with Crippen LogP contribution in [0.1, 0.15) is 0 Å². The van der Waals surface area contributed by atoms with Gasteiger partial charge >= 0.3 is 0 Å². The molecule has 0 bridgehead atoms. The van der Waals surface area contributed by atoms with Crippen LogP contribution in [0, 0.1) is 0 Å². The lowest BCUT2D eigenvalue weighted by Crippen LogP contribution is -1.99. The molecule has 0 spiro atoms. The average molecular weight is 225 g/mol. The molecule has 0 amide bonds. The van der Waals surface area contributed by atoms with Gasteiger partial charge in [0, 0.05) is 18.6 Å². The first-order valence-electron chi connectivity index (χ1n) is 5.31. The number of methoxy groups -OCH3 is 1. The SMILES string of the molecule is COc1nc2cccnc2cc1-n1cccc1. The van der Waals surface area contributed by atoms with Crippen LogP contribution in [0.15, 0.2) is 48.9 Å². The zero-order valence-corrected chi connectivity index (χ0v) is 9.37. The van der Waals surface area contributed by atoms with Crippen molar-refractivity contribution < 1.29 is 4.74 Å². The molecule has 84 valence electrons. The molecule has 0 aliphatic heterocycles. The summed E-state index contributed by atoms with van der Waals surface area (Å²) in [6, 6.07) is 9.68. The highest BCUT2D eigenvalue weighted by atomic mass is 16.5. The van der Waals surface area contributed by atoms with Crippen LogP contribution in [0.4, 0.5) is 0 Å². The molecule has 0 fully saturated rings. The summed E-state index contributed by atoms with van der Waals surface area (Å²) >= 11 is 0. The molecule has 0 unspecified atom stereocenters. The summed E-state index contributed by atoms with van der Waals surface area (Å²) in [5.41, 5.74) is 2.58. The van der Waals surface area contributed by atoms with Gasteiger partial charge in [-0.3, -0.25) is 4.98 Å². The van der Waals surface area contributed by atoms with Crippen LogP contribution >= 0.6 is 0 Å². The normalized spacial score (nSPS) is 10.6. The van der Waals surface area contributed by atoms with Crippen LogP contribution in [-0.2, 0) is 0 Å². The van der Waals surface area contributed by atoms with Crippen molar-refractivity contribution in [3.8, 4) is 11.6 Å². The smallest absolute Gasteiger partial charge is 0.238 e. The quantitative estimate of drug-likeness (QED) is 0.672. The monoisotopic (exact) mass is 225 g/mol. The van der Waals surface area contributed by atoms with Crippen molar-refractivity contribution in [2.24, 2.45) is 0 Å².